The van der Waals surface area contributed by atoms with Crippen LogP contribution in [0.3, 0.4) is 0 Å². The fourth-order valence-electron chi connectivity index (χ4n) is 2.12. The van der Waals surface area contributed by atoms with Crippen molar-refractivity contribution in [3.8, 4) is 0 Å². The van der Waals surface area contributed by atoms with E-state index in [9.17, 15) is 19.3 Å². The zero-order valence-electron chi connectivity index (χ0n) is 12.8. The number of hydrogen-bond acceptors (Lipinski definition) is 3. The average molecular weight is 326 g/mol. The molecule has 0 fully saturated rings. The lowest BCUT2D eigenvalue weighted by Crippen LogP contribution is -2.49. The summed E-state index contributed by atoms with van der Waals surface area (Å²) in [4.78, 5) is 23.5. The molecule has 1 aromatic rings. The van der Waals surface area contributed by atoms with Crippen molar-refractivity contribution in [2.24, 2.45) is 5.92 Å². The van der Waals surface area contributed by atoms with Gasteiger partial charge >= 0.3 is 5.97 Å². The van der Waals surface area contributed by atoms with Gasteiger partial charge in [-0.2, -0.15) is 0 Å². The van der Waals surface area contributed by atoms with Crippen LogP contribution in [0.2, 0.25) is 0 Å². The molecule has 3 unspecified atom stereocenters. The summed E-state index contributed by atoms with van der Waals surface area (Å²) >= 11 is 0. The van der Waals surface area contributed by atoms with Gasteiger partial charge in [-0.05, 0) is 24.3 Å². The summed E-state index contributed by atoms with van der Waals surface area (Å²) in [6.07, 6.45) is 0.708. The summed E-state index contributed by atoms with van der Waals surface area (Å²) in [5, 5.41) is 14.4. The number of carboxylic acids is 1. The summed E-state index contributed by atoms with van der Waals surface area (Å²) < 4.78 is 10.9. The molecule has 0 saturated heterocycles. The molecule has 0 spiro atoms. The summed E-state index contributed by atoms with van der Waals surface area (Å²) in [5.74, 6) is -1.36. The fraction of sp³-hybridized carbons (Fsp3) is 0.467. The molecule has 0 aliphatic rings. The van der Waals surface area contributed by atoms with Crippen LogP contribution in [0, 0.1) is 5.92 Å². The van der Waals surface area contributed by atoms with Crippen LogP contribution in [0.1, 0.15) is 25.8 Å². The maximum Gasteiger partial charge on any atom is 0.326 e. The molecule has 7 heteroatoms. The number of amides is 1. The van der Waals surface area contributed by atoms with Gasteiger partial charge in [-0.1, -0.05) is 44.2 Å². The van der Waals surface area contributed by atoms with Crippen molar-refractivity contribution >= 4 is 20.5 Å². The standard InChI is InChI=1S/C15H23N2O4P/c1-10(2)8-13(15(19)20)16-14(18)12(17-22-21)9-11-6-4-3-5-7-11/h3-7,10,12-13H,8-9,22H2,1-2H3,(H,16,18)(H,17,21)(H,19,20). The van der Waals surface area contributed by atoms with Crippen molar-refractivity contribution in [1.29, 1.82) is 0 Å². The van der Waals surface area contributed by atoms with Crippen LogP contribution < -0.4 is 10.4 Å². The first-order valence-corrected chi connectivity index (χ1v) is 8.25. The van der Waals surface area contributed by atoms with Gasteiger partial charge in [0.25, 0.3) is 0 Å². The molecule has 1 rings (SSSR count). The molecule has 3 atom stereocenters. The van der Waals surface area contributed by atoms with E-state index in [-0.39, 0.29) is 5.92 Å². The SMILES string of the molecule is CC(C)CC(NC(=O)C(Cc1ccccc1)N[PH2]=O)C(=O)O. The van der Waals surface area contributed by atoms with E-state index >= 15 is 0 Å². The van der Waals surface area contributed by atoms with E-state index in [2.05, 4.69) is 10.4 Å². The minimum atomic E-state index is -1.31. The number of nitrogens with one attached hydrogen (secondary N) is 2. The Morgan fingerprint density at radius 3 is 2.32 bits per heavy atom. The van der Waals surface area contributed by atoms with E-state index in [0.717, 1.165) is 5.56 Å². The second-order valence-corrected chi connectivity index (χ2v) is 6.12. The lowest BCUT2D eigenvalue weighted by Gasteiger charge is -2.21. The normalized spacial score (nSPS) is 14.1. The minimum absolute atomic E-state index is 0.145. The smallest absolute Gasteiger partial charge is 0.326 e. The first kappa shape index (κ1) is 18.4. The predicted molar refractivity (Wildman–Crippen MR) is 86.5 cm³/mol. The summed E-state index contributed by atoms with van der Waals surface area (Å²) in [6.45, 7) is 3.78. The van der Waals surface area contributed by atoms with Gasteiger partial charge in [0.15, 0.2) is 0 Å². The number of carboxylic acid groups (broad SMARTS) is 1. The van der Waals surface area contributed by atoms with Crippen molar-refractivity contribution in [3.05, 3.63) is 35.9 Å². The van der Waals surface area contributed by atoms with Crippen LogP contribution in [0.4, 0.5) is 0 Å². The van der Waals surface area contributed by atoms with E-state index in [1.165, 1.54) is 0 Å². The van der Waals surface area contributed by atoms with Gasteiger partial charge in [-0.15, -0.1) is 0 Å². The fourth-order valence-corrected chi connectivity index (χ4v) is 2.56. The number of carbonyl (C=O) groups is 2. The maximum atomic E-state index is 12.3. The highest BCUT2D eigenvalue weighted by atomic mass is 31.1. The topological polar surface area (TPSA) is 95.5 Å². The molecule has 122 valence electrons. The highest BCUT2D eigenvalue weighted by Gasteiger charge is 2.25. The van der Waals surface area contributed by atoms with Crippen LogP contribution in [-0.4, -0.2) is 29.1 Å². The molecule has 22 heavy (non-hydrogen) atoms. The molecule has 1 amide bonds. The van der Waals surface area contributed by atoms with Crippen molar-refractivity contribution in [2.75, 3.05) is 0 Å². The Morgan fingerprint density at radius 1 is 1.18 bits per heavy atom. The lowest BCUT2D eigenvalue weighted by atomic mass is 10.0. The van der Waals surface area contributed by atoms with E-state index in [1.807, 2.05) is 44.2 Å². The number of rotatable bonds is 9. The number of carbonyl (C=O) groups excluding carboxylic acids is 1. The number of hydrogen-bond donors (Lipinski definition) is 3. The van der Waals surface area contributed by atoms with Crippen LogP contribution in [0.25, 0.3) is 0 Å². The molecule has 0 heterocycles. The van der Waals surface area contributed by atoms with Gasteiger partial charge in [-0.25, -0.2) is 4.79 Å². The summed E-state index contributed by atoms with van der Waals surface area (Å²) in [6, 6.07) is 7.67. The van der Waals surface area contributed by atoms with Crippen molar-refractivity contribution in [3.63, 3.8) is 0 Å². The first-order chi connectivity index (χ1) is 10.4. The Hall–Kier alpha value is -1.65. The third-order valence-corrected chi connectivity index (χ3v) is 3.73. The largest absolute Gasteiger partial charge is 0.480 e. The van der Waals surface area contributed by atoms with Gasteiger partial charge in [-0.3, -0.25) is 9.88 Å². The third-order valence-electron chi connectivity index (χ3n) is 3.19. The molecule has 0 saturated carbocycles. The highest BCUT2D eigenvalue weighted by molar-refractivity contribution is 7.21. The Balaban J connectivity index is 2.75. The molecule has 3 N–H and O–H groups in total. The van der Waals surface area contributed by atoms with Gasteiger partial charge in [0.05, 0.1) is 6.04 Å². The monoisotopic (exact) mass is 326 g/mol. The van der Waals surface area contributed by atoms with E-state index in [4.69, 9.17) is 0 Å². The van der Waals surface area contributed by atoms with Crippen molar-refractivity contribution in [1.82, 2.24) is 10.4 Å². The van der Waals surface area contributed by atoms with Crippen LogP contribution in [0.15, 0.2) is 30.3 Å². The third kappa shape index (κ3) is 6.41. The van der Waals surface area contributed by atoms with Gasteiger partial charge in [0.1, 0.15) is 14.7 Å². The Labute approximate surface area is 131 Å². The lowest BCUT2D eigenvalue weighted by molar-refractivity contribution is -0.142. The molecule has 0 radical (unpaired) electrons. The molecule has 0 bridgehead atoms. The van der Waals surface area contributed by atoms with Crippen molar-refractivity contribution in [2.45, 2.75) is 38.8 Å². The average Bonchev–Trinajstić information content (AvgIpc) is 2.46. The molecule has 0 aromatic heterocycles. The van der Waals surface area contributed by atoms with Crippen LogP contribution in [-0.2, 0) is 20.6 Å². The second kappa shape index (κ2) is 9.38. The molecule has 0 aliphatic heterocycles. The van der Waals surface area contributed by atoms with Crippen LogP contribution >= 0.6 is 8.61 Å². The van der Waals surface area contributed by atoms with E-state index in [0.29, 0.717) is 12.8 Å². The predicted octanol–water partition coefficient (Wildman–Crippen LogP) is 1.47. The first-order valence-electron chi connectivity index (χ1n) is 7.20. The Morgan fingerprint density at radius 2 is 1.82 bits per heavy atom. The summed E-state index contributed by atoms with van der Waals surface area (Å²) in [5.41, 5.74) is 0.915. The maximum absolute atomic E-state index is 12.3. The second-order valence-electron chi connectivity index (χ2n) is 5.56. The van der Waals surface area contributed by atoms with Crippen molar-refractivity contribution < 1.29 is 19.3 Å². The van der Waals surface area contributed by atoms with Gasteiger partial charge in [0, 0.05) is 0 Å². The Kier molecular flexibility index (Phi) is 7.85. The number of aliphatic carboxylic acids is 1. The molecular weight excluding hydrogens is 303 g/mol. The highest BCUT2D eigenvalue weighted by Crippen LogP contribution is 2.08. The van der Waals surface area contributed by atoms with E-state index < -0.39 is 32.6 Å². The Bertz CT molecular complexity index is 508. The minimum Gasteiger partial charge on any atom is -0.480 e. The molecular formula is C15H23N2O4P. The van der Waals surface area contributed by atoms with Gasteiger partial charge in [0.2, 0.25) is 5.91 Å². The van der Waals surface area contributed by atoms with Gasteiger partial charge < -0.3 is 15.0 Å². The zero-order valence-corrected chi connectivity index (χ0v) is 13.9. The quantitative estimate of drug-likeness (QED) is 0.597. The van der Waals surface area contributed by atoms with E-state index in [1.54, 1.807) is 0 Å². The van der Waals surface area contributed by atoms with Crippen LogP contribution in [0.5, 0.6) is 0 Å². The zero-order chi connectivity index (χ0) is 16.5. The molecule has 0 aliphatic carbocycles. The molecule has 1 aromatic carbocycles. The summed E-state index contributed by atoms with van der Waals surface area (Å²) in [7, 11) is -1.31. The molecule has 6 nitrogen and oxygen atoms in total. The number of benzene rings is 1.